The van der Waals surface area contributed by atoms with Gasteiger partial charge in [0, 0.05) is 10.9 Å². The van der Waals surface area contributed by atoms with E-state index in [1.807, 2.05) is 84.9 Å². The number of carbonyl (C=O) groups excluding carboxylic acids is 2. The molecule has 1 amide bonds. The molecule has 2 aromatic heterocycles. The van der Waals surface area contributed by atoms with Crippen molar-refractivity contribution >= 4 is 60.2 Å². The summed E-state index contributed by atoms with van der Waals surface area (Å²) in [5.74, 6) is -0.276. The lowest BCUT2D eigenvalue weighted by atomic mass is 10.0. The van der Waals surface area contributed by atoms with Crippen LogP contribution in [0.25, 0.3) is 43.1 Å². The van der Waals surface area contributed by atoms with E-state index in [2.05, 4.69) is 10.3 Å². The minimum atomic E-state index is -0.602. The van der Waals surface area contributed by atoms with Gasteiger partial charge >= 0.3 is 5.97 Å². The number of rotatable bonds is 6. The number of nitrogens with zero attached hydrogens (tertiary/aromatic N) is 2. The number of pyridine rings is 1. The fourth-order valence-corrected chi connectivity index (χ4v) is 5.17. The number of nitrogens with one attached hydrogen (secondary N) is 1. The molecule has 0 radical (unpaired) electrons. The average molecular weight is 520 g/mol. The van der Waals surface area contributed by atoms with Gasteiger partial charge in [-0.25, -0.2) is 14.8 Å². The van der Waals surface area contributed by atoms with Crippen LogP contribution in [-0.2, 0) is 9.53 Å². The summed E-state index contributed by atoms with van der Waals surface area (Å²) in [5, 5.41) is 5.87. The molecule has 1 N–H and O–H groups in total. The van der Waals surface area contributed by atoms with E-state index in [9.17, 15) is 9.59 Å². The van der Waals surface area contributed by atoms with Crippen molar-refractivity contribution in [2.75, 3.05) is 19.0 Å². The van der Waals surface area contributed by atoms with Crippen LogP contribution in [0.5, 0.6) is 5.75 Å². The Kier molecular flexibility index (Phi) is 6.15. The Morgan fingerprint density at radius 1 is 0.842 bits per heavy atom. The molecular weight excluding hydrogens is 498 g/mol. The zero-order valence-electron chi connectivity index (χ0n) is 20.3. The van der Waals surface area contributed by atoms with Crippen molar-refractivity contribution in [1.82, 2.24) is 9.97 Å². The first-order valence-electron chi connectivity index (χ1n) is 11.9. The summed E-state index contributed by atoms with van der Waals surface area (Å²) < 4.78 is 11.7. The third-order valence-electron chi connectivity index (χ3n) is 6.15. The molecule has 6 aromatic rings. The van der Waals surface area contributed by atoms with Gasteiger partial charge in [-0.3, -0.25) is 10.1 Å². The molecule has 2 heterocycles. The Bertz CT molecular complexity index is 1810. The summed E-state index contributed by atoms with van der Waals surface area (Å²) in [6, 6.07) is 28.5. The molecule has 0 bridgehead atoms. The number of hydrogen-bond donors (Lipinski definition) is 1. The number of esters is 1. The third-order valence-corrected chi connectivity index (χ3v) is 7.11. The first-order valence-corrected chi connectivity index (χ1v) is 12.7. The number of aromatic nitrogens is 2. The normalized spacial score (nSPS) is 11.1. The molecule has 0 aliphatic heterocycles. The van der Waals surface area contributed by atoms with Crippen molar-refractivity contribution in [2.45, 2.75) is 0 Å². The highest BCUT2D eigenvalue weighted by atomic mass is 32.1. The van der Waals surface area contributed by atoms with E-state index in [-0.39, 0.29) is 0 Å². The number of ether oxygens (including phenoxy) is 2. The van der Waals surface area contributed by atoms with Crippen molar-refractivity contribution in [2.24, 2.45) is 0 Å². The minimum absolute atomic E-state index is 0.341. The number of anilines is 1. The van der Waals surface area contributed by atoms with Crippen LogP contribution in [0.4, 0.5) is 5.13 Å². The highest BCUT2D eigenvalue weighted by Crippen LogP contribution is 2.30. The molecule has 0 spiro atoms. The molecule has 0 fully saturated rings. The maximum Gasteiger partial charge on any atom is 0.339 e. The lowest BCUT2D eigenvalue weighted by Gasteiger charge is -2.11. The molecule has 0 unspecified atom stereocenters. The van der Waals surface area contributed by atoms with Crippen LogP contribution in [0.15, 0.2) is 91.0 Å². The zero-order valence-corrected chi connectivity index (χ0v) is 21.1. The third kappa shape index (κ3) is 4.65. The Labute approximate surface area is 221 Å². The molecule has 0 saturated heterocycles. The van der Waals surface area contributed by atoms with E-state index in [0.717, 1.165) is 32.3 Å². The van der Waals surface area contributed by atoms with Gasteiger partial charge in [0.2, 0.25) is 0 Å². The Hall–Kier alpha value is -4.82. The predicted octanol–water partition coefficient (Wildman–Crippen LogP) is 6.47. The maximum atomic E-state index is 13.2. The SMILES string of the molecule is COc1ccc2cc(-c3cc(C(=O)OCC(=O)Nc4nc5ccccc5s4)c4ccccc4n3)ccc2c1. The largest absolute Gasteiger partial charge is 0.497 e. The summed E-state index contributed by atoms with van der Waals surface area (Å²) in [4.78, 5) is 34.8. The Morgan fingerprint density at radius 3 is 2.45 bits per heavy atom. The van der Waals surface area contributed by atoms with Gasteiger partial charge in [-0.2, -0.15) is 0 Å². The van der Waals surface area contributed by atoms with E-state index < -0.39 is 18.5 Å². The minimum Gasteiger partial charge on any atom is -0.497 e. The first-order chi connectivity index (χ1) is 18.6. The lowest BCUT2D eigenvalue weighted by molar-refractivity contribution is -0.119. The summed E-state index contributed by atoms with van der Waals surface area (Å²) >= 11 is 1.36. The molecule has 0 aliphatic carbocycles. The predicted molar refractivity (Wildman–Crippen MR) is 150 cm³/mol. The molecule has 6 rings (SSSR count). The van der Waals surface area contributed by atoms with Gasteiger partial charge in [-0.1, -0.05) is 59.9 Å². The molecule has 0 aliphatic rings. The van der Waals surface area contributed by atoms with Gasteiger partial charge in [0.05, 0.1) is 34.1 Å². The van der Waals surface area contributed by atoms with Crippen LogP contribution in [0.2, 0.25) is 0 Å². The Morgan fingerprint density at radius 2 is 1.61 bits per heavy atom. The van der Waals surface area contributed by atoms with Crippen molar-refractivity contribution in [3.8, 4) is 17.0 Å². The van der Waals surface area contributed by atoms with Crippen molar-refractivity contribution < 1.29 is 19.1 Å². The molecule has 186 valence electrons. The van der Waals surface area contributed by atoms with Gasteiger partial charge in [0.25, 0.3) is 5.91 Å². The van der Waals surface area contributed by atoms with Crippen LogP contribution in [-0.4, -0.2) is 35.6 Å². The molecule has 38 heavy (non-hydrogen) atoms. The Balaban J connectivity index is 1.25. The number of para-hydroxylation sites is 2. The molecule has 7 nitrogen and oxygen atoms in total. The van der Waals surface area contributed by atoms with E-state index >= 15 is 0 Å². The lowest BCUT2D eigenvalue weighted by Crippen LogP contribution is -2.21. The smallest absolute Gasteiger partial charge is 0.339 e. The second kappa shape index (κ2) is 9.91. The number of thiazole rings is 1. The van der Waals surface area contributed by atoms with E-state index in [1.54, 1.807) is 13.2 Å². The van der Waals surface area contributed by atoms with Crippen LogP contribution < -0.4 is 10.1 Å². The summed E-state index contributed by atoms with van der Waals surface area (Å²) in [6.07, 6.45) is 0. The quantitative estimate of drug-likeness (QED) is 0.254. The van der Waals surface area contributed by atoms with Crippen molar-refractivity contribution in [1.29, 1.82) is 0 Å². The average Bonchev–Trinajstić information content (AvgIpc) is 3.37. The van der Waals surface area contributed by atoms with E-state index in [1.165, 1.54) is 11.3 Å². The van der Waals surface area contributed by atoms with Crippen LogP contribution in [0, 0.1) is 0 Å². The molecule has 8 heteroatoms. The number of fused-ring (bicyclic) bond motifs is 3. The van der Waals surface area contributed by atoms with Gasteiger partial charge in [0.1, 0.15) is 5.75 Å². The van der Waals surface area contributed by atoms with Gasteiger partial charge in [-0.15, -0.1) is 0 Å². The second-order valence-electron chi connectivity index (χ2n) is 8.61. The number of benzene rings is 4. The van der Waals surface area contributed by atoms with E-state index in [0.29, 0.717) is 27.3 Å². The number of carbonyl (C=O) groups is 2. The topological polar surface area (TPSA) is 90.4 Å². The summed E-state index contributed by atoms with van der Waals surface area (Å²) in [7, 11) is 1.64. The molecular formula is C30H21N3O4S. The fraction of sp³-hybridized carbons (Fsp3) is 0.0667. The molecule has 0 saturated carbocycles. The maximum absolute atomic E-state index is 13.2. The van der Waals surface area contributed by atoms with Crippen molar-refractivity contribution in [3.05, 3.63) is 96.6 Å². The number of amides is 1. The second-order valence-corrected chi connectivity index (χ2v) is 9.64. The highest BCUT2D eigenvalue weighted by Gasteiger charge is 2.17. The first kappa shape index (κ1) is 23.6. The monoisotopic (exact) mass is 519 g/mol. The van der Waals surface area contributed by atoms with Crippen LogP contribution in [0.1, 0.15) is 10.4 Å². The van der Waals surface area contributed by atoms with Crippen molar-refractivity contribution in [3.63, 3.8) is 0 Å². The van der Waals surface area contributed by atoms with Crippen LogP contribution in [0.3, 0.4) is 0 Å². The fourth-order valence-electron chi connectivity index (χ4n) is 4.29. The summed E-state index contributed by atoms with van der Waals surface area (Å²) in [6.45, 7) is -0.432. The molecule has 4 aromatic carbocycles. The summed E-state index contributed by atoms with van der Waals surface area (Å²) in [5.41, 5.74) is 3.29. The van der Waals surface area contributed by atoms with Crippen LogP contribution >= 0.6 is 11.3 Å². The van der Waals surface area contributed by atoms with Gasteiger partial charge < -0.3 is 9.47 Å². The number of methoxy groups -OCH3 is 1. The van der Waals surface area contributed by atoms with E-state index in [4.69, 9.17) is 14.5 Å². The highest BCUT2D eigenvalue weighted by molar-refractivity contribution is 7.22. The van der Waals surface area contributed by atoms with Gasteiger partial charge in [0.15, 0.2) is 11.7 Å². The number of hydrogen-bond acceptors (Lipinski definition) is 7. The molecule has 0 atom stereocenters. The van der Waals surface area contributed by atoms with Gasteiger partial charge in [-0.05, 0) is 53.2 Å². The standard InChI is InChI=1S/C30H21N3O4S/c1-36-21-13-12-18-14-20(11-10-19(18)15-21)26-16-23(22-6-2-3-7-24(22)31-26)29(35)37-17-28(34)33-30-32-25-8-4-5-9-27(25)38-30/h2-16H,17H2,1H3,(H,32,33,34). The zero-order chi connectivity index (χ0) is 26.1.